The van der Waals surface area contributed by atoms with Gasteiger partial charge in [-0.2, -0.15) is 0 Å². The van der Waals surface area contributed by atoms with Gasteiger partial charge in [-0.15, -0.1) is 0 Å². The Labute approximate surface area is 141 Å². The molecule has 1 saturated heterocycles. The average Bonchev–Trinajstić information content (AvgIpc) is 2.91. The third-order valence-corrected chi connectivity index (χ3v) is 6.31. The monoisotopic (exact) mass is 347 g/mol. The molecule has 2 aromatic carbocycles. The average molecular weight is 347 g/mol. The lowest BCUT2D eigenvalue weighted by molar-refractivity contribution is -0.122. The molecule has 24 heavy (non-hydrogen) atoms. The summed E-state index contributed by atoms with van der Waals surface area (Å²) in [4.78, 5) is 12.4. The van der Waals surface area contributed by atoms with Gasteiger partial charge in [-0.05, 0) is 41.8 Å². The van der Waals surface area contributed by atoms with Crippen LogP contribution in [0.15, 0.2) is 36.4 Å². The first-order chi connectivity index (χ1) is 11.4. The number of rotatable bonds is 4. The van der Waals surface area contributed by atoms with E-state index in [1.807, 2.05) is 43.3 Å². The summed E-state index contributed by atoms with van der Waals surface area (Å²) in [6.45, 7) is 1.84. The molecule has 0 unspecified atom stereocenters. The van der Waals surface area contributed by atoms with Crippen molar-refractivity contribution in [3.8, 4) is 5.75 Å². The molecule has 1 N–H and O–H groups in total. The fourth-order valence-corrected chi connectivity index (χ4v) is 4.70. The fourth-order valence-electron chi connectivity index (χ4n) is 3.03. The molecular weight excluding hydrogens is 326 g/mol. The minimum Gasteiger partial charge on any atom is -0.497 e. The number of methoxy groups -OCH3 is 1. The summed E-state index contributed by atoms with van der Waals surface area (Å²) in [7, 11) is -1.36. The molecule has 5 nitrogen and oxygen atoms in total. The van der Waals surface area contributed by atoms with E-state index in [4.69, 9.17) is 4.74 Å². The van der Waals surface area contributed by atoms with E-state index in [1.165, 1.54) is 0 Å². The maximum absolute atomic E-state index is 12.4. The van der Waals surface area contributed by atoms with Gasteiger partial charge in [0.1, 0.15) is 5.75 Å². The van der Waals surface area contributed by atoms with Crippen molar-refractivity contribution in [2.45, 2.75) is 25.3 Å². The van der Waals surface area contributed by atoms with Crippen molar-refractivity contribution >= 4 is 26.5 Å². The molecule has 0 radical (unpaired) electrons. The van der Waals surface area contributed by atoms with Gasteiger partial charge in [0.2, 0.25) is 5.91 Å². The summed E-state index contributed by atoms with van der Waals surface area (Å²) in [5.74, 6) is 0.529. The van der Waals surface area contributed by atoms with Gasteiger partial charge >= 0.3 is 0 Å². The van der Waals surface area contributed by atoms with E-state index in [2.05, 4.69) is 5.32 Å². The van der Waals surface area contributed by atoms with Crippen LogP contribution in [0.4, 0.5) is 0 Å². The summed E-state index contributed by atoms with van der Waals surface area (Å²) >= 11 is 0. The molecule has 1 heterocycles. The van der Waals surface area contributed by atoms with Crippen molar-refractivity contribution in [2.75, 3.05) is 18.6 Å². The molecule has 2 aromatic rings. The van der Waals surface area contributed by atoms with Gasteiger partial charge in [-0.3, -0.25) is 4.79 Å². The first-order valence-corrected chi connectivity index (χ1v) is 9.78. The van der Waals surface area contributed by atoms with E-state index >= 15 is 0 Å². The first-order valence-electron chi connectivity index (χ1n) is 7.96. The number of ether oxygens (including phenoxy) is 1. The van der Waals surface area contributed by atoms with Gasteiger partial charge in [-0.1, -0.05) is 24.3 Å². The van der Waals surface area contributed by atoms with Crippen LogP contribution in [0.25, 0.3) is 10.8 Å². The Bertz CT molecular complexity index is 876. The number of hydrogen-bond donors (Lipinski definition) is 1. The Morgan fingerprint density at radius 3 is 2.58 bits per heavy atom. The molecule has 0 saturated carbocycles. The molecular formula is C18H21NO4S. The smallest absolute Gasteiger partial charge is 0.227 e. The van der Waals surface area contributed by atoms with Crippen molar-refractivity contribution in [3.63, 3.8) is 0 Å². The summed E-state index contributed by atoms with van der Waals surface area (Å²) < 4.78 is 28.2. The molecule has 1 aliphatic heterocycles. The minimum atomic E-state index is -2.99. The standard InChI is InChI=1S/C18H21NO4S/c1-12(18(20)19-16-7-8-24(21,22)11-16)13-3-4-15-10-17(23-2)6-5-14(15)9-13/h3-6,9-10,12,16H,7-8,11H2,1-2H3,(H,19,20)/t12-,16-/m0/s1. The normalized spacial score (nSPS) is 20.7. The number of benzene rings is 2. The van der Waals surface area contributed by atoms with Crippen molar-refractivity contribution in [2.24, 2.45) is 0 Å². The topological polar surface area (TPSA) is 72.5 Å². The Balaban J connectivity index is 1.75. The molecule has 0 bridgehead atoms. The number of sulfone groups is 1. The molecule has 1 amide bonds. The number of hydrogen-bond acceptors (Lipinski definition) is 4. The van der Waals surface area contributed by atoms with Gasteiger partial charge in [0.05, 0.1) is 24.5 Å². The van der Waals surface area contributed by atoms with Crippen LogP contribution in [0.1, 0.15) is 24.8 Å². The second kappa shape index (κ2) is 6.43. The lowest BCUT2D eigenvalue weighted by atomic mass is 9.96. The maximum Gasteiger partial charge on any atom is 0.227 e. The zero-order chi connectivity index (χ0) is 17.3. The predicted octanol–water partition coefficient (Wildman–Crippen LogP) is 2.26. The lowest BCUT2D eigenvalue weighted by Gasteiger charge is -2.17. The molecule has 6 heteroatoms. The zero-order valence-corrected chi connectivity index (χ0v) is 14.6. The van der Waals surface area contributed by atoms with Gasteiger partial charge in [-0.25, -0.2) is 8.42 Å². The highest BCUT2D eigenvalue weighted by molar-refractivity contribution is 7.91. The molecule has 0 aliphatic carbocycles. The number of carbonyl (C=O) groups excluding carboxylic acids is 1. The van der Waals surface area contributed by atoms with E-state index in [-0.39, 0.29) is 29.4 Å². The molecule has 128 valence electrons. The van der Waals surface area contributed by atoms with Crippen LogP contribution in [0.2, 0.25) is 0 Å². The zero-order valence-electron chi connectivity index (χ0n) is 13.8. The Morgan fingerprint density at radius 2 is 1.92 bits per heavy atom. The molecule has 0 aromatic heterocycles. The summed E-state index contributed by atoms with van der Waals surface area (Å²) in [5.41, 5.74) is 0.908. The van der Waals surface area contributed by atoms with E-state index in [1.54, 1.807) is 7.11 Å². The lowest BCUT2D eigenvalue weighted by Crippen LogP contribution is -2.38. The summed E-state index contributed by atoms with van der Waals surface area (Å²) in [6, 6.07) is 11.4. The second-order valence-corrected chi connectivity index (χ2v) is 8.53. The maximum atomic E-state index is 12.4. The SMILES string of the molecule is COc1ccc2cc([C@H](C)C(=O)N[C@H]3CCS(=O)(=O)C3)ccc2c1. The van der Waals surface area contributed by atoms with Crippen molar-refractivity contribution in [1.29, 1.82) is 0 Å². The first kappa shape index (κ1) is 16.8. The predicted molar refractivity (Wildman–Crippen MR) is 94.1 cm³/mol. The van der Waals surface area contributed by atoms with E-state index in [9.17, 15) is 13.2 Å². The molecule has 2 atom stereocenters. The van der Waals surface area contributed by atoms with E-state index in [0.717, 1.165) is 22.1 Å². The van der Waals surface area contributed by atoms with Crippen LogP contribution in [-0.2, 0) is 14.6 Å². The molecule has 1 fully saturated rings. The van der Waals surface area contributed by atoms with Crippen molar-refractivity contribution in [3.05, 3.63) is 42.0 Å². The number of amides is 1. The molecule has 0 spiro atoms. The quantitative estimate of drug-likeness (QED) is 0.921. The third-order valence-electron chi connectivity index (χ3n) is 4.54. The van der Waals surface area contributed by atoms with Crippen LogP contribution in [0.3, 0.4) is 0 Å². The fraction of sp³-hybridized carbons (Fsp3) is 0.389. The highest BCUT2D eigenvalue weighted by atomic mass is 32.2. The van der Waals surface area contributed by atoms with Crippen LogP contribution < -0.4 is 10.1 Å². The van der Waals surface area contributed by atoms with Crippen molar-refractivity contribution < 1.29 is 17.9 Å². The summed E-state index contributed by atoms with van der Waals surface area (Å²) in [5, 5.41) is 4.95. The largest absolute Gasteiger partial charge is 0.497 e. The van der Waals surface area contributed by atoms with Gasteiger partial charge in [0.25, 0.3) is 0 Å². The van der Waals surface area contributed by atoms with Crippen LogP contribution in [0, 0.1) is 0 Å². The van der Waals surface area contributed by atoms with E-state index in [0.29, 0.717) is 6.42 Å². The molecule has 3 rings (SSSR count). The van der Waals surface area contributed by atoms with Crippen LogP contribution in [-0.4, -0.2) is 39.0 Å². The van der Waals surface area contributed by atoms with Gasteiger partial charge in [0.15, 0.2) is 9.84 Å². The molecule has 1 aliphatic rings. The number of fused-ring (bicyclic) bond motifs is 1. The van der Waals surface area contributed by atoms with Gasteiger partial charge < -0.3 is 10.1 Å². The minimum absolute atomic E-state index is 0.0446. The summed E-state index contributed by atoms with van der Waals surface area (Å²) in [6.07, 6.45) is 0.498. The second-order valence-electron chi connectivity index (χ2n) is 6.30. The Kier molecular flexibility index (Phi) is 4.49. The Hall–Kier alpha value is -2.08. The highest BCUT2D eigenvalue weighted by Gasteiger charge is 2.30. The van der Waals surface area contributed by atoms with E-state index < -0.39 is 9.84 Å². The number of nitrogens with one attached hydrogen (secondary N) is 1. The van der Waals surface area contributed by atoms with Crippen LogP contribution in [0.5, 0.6) is 5.75 Å². The van der Waals surface area contributed by atoms with Crippen molar-refractivity contribution in [1.82, 2.24) is 5.32 Å². The van der Waals surface area contributed by atoms with Crippen LogP contribution >= 0.6 is 0 Å². The van der Waals surface area contributed by atoms with Gasteiger partial charge in [0, 0.05) is 6.04 Å². The highest BCUT2D eigenvalue weighted by Crippen LogP contribution is 2.25. The Morgan fingerprint density at radius 1 is 1.21 bits per heavy atom. The number of carbonyl (C=O) groups is 1. The third kappa shape index (κ3) is 3.53.